The van der Waals surface area contributed by atoms with Gasteiger partial charge in [0.05, 0.1) is 12.4 Å². The van der Waals surface area contributed by atoms with Gasteiger partial charge >= 0.3 is 0 Å². The molecule has 0 saturated heterocycles. The van der Waals surface area contributed by atoms with Crippen molar-refractivity contribution in [2.24, 2.45) is 0 Å². The highest BCUT2D eigenvalue weighted by Crippen LogP contribution is 2.02. The monoisotopic (exact) mass is 288 g/mol. The second kappa shape index (κ2) is 8.21. The van der Waals surface area contributed by atoms with Crippen molar-refractivity contribution >= 4 is 10.0 Å². The summed E-state index contributed by atoms with van der Waals surface area (Å²) < 4.78 is 31.3. The maximum atomic E-state index is 11.9. The van der Waals surface area contributed by atoms with Crippen molar-refractivity contribution in [2.45, 2.75) is 18.9 Å². The molecule has 1 unspecified atom stereocenters. The molecule has 0 aliphatic rings. The average Bonchev–Trinajstić information content (AvgIpc) is 2.38. The first-order valence-electron chi connectivity index (χ1n) is 6.06. The molecule has 7 heteroatoms. The molecule has 2 N–H and O–H groups in total. The molecule has 6 nitrogen and oxygen atoms in total. The lowest BCUT2D eigenvalue weighted by molar-refractivity contribution is 0.158. The Morgan fingerprint density at radius 2 is 2.11 bits per heavy atom. The summed E-state index contributed by atoms with van der Waals surface area (Å²) in [4.78, 5) is 3.88. The van der Waals surface area contributed by atoms with Crippen LogP contribution in [-0.2, 0) is 21.2 Å². The van der Waals surface area contributed by atoms with Gasteiger partial charge in [-0.15, -0.1) is 0 Å². The summed E-state index contributed by atoms with van der Waals surface area (Å²) in [6.45, 7) is 0.163. The number of ether oxygens (including phenoxy) is 1. The number of aryl methyl sites for hydroxylation is 1. The van der Waals surface area contributed by atoms with Crippen LogP contribution in [0.2, 0.25) is 0 Å². The smallest absolute Gasteiger partial charge is 0.212 e. The quantitative estimate of drug-likeness (QED) is 0.664. The first kappa shape index (κ1) is 16.0. The van der Waals surface area contributed by atoms with E-state index in [1.807, 2.05) is 0 Å². The largest absolute Gasteiger partial charge is 0.396 e. The second-order valence-electron chi connectivity index (χ2n) is 4.21. The van der Waals surface area contributed by atoms with Gasteiger partial charge in [-0.2, -0.15) is 0 Å². The number of aliphatic hydroxyl groups excluding tert-OH is 1. The summed E-state index contributed by atoms with van der Waals surface area (Å²) >= 11 is 0. The third kappa shape index (κ3) is 6.63. The lowest BCUT2D eigenvalue weighted by Gasteiger charge is -2.16. The van der Waals surface area contributed by atoms with E-state index in [-0.39, 0.29) is 19.0 Å². The number of nitrogens with zero attached hydrogens (tertiary/aromatic N) is 1. The van der Waals surface area contributed by atoms with Crippen molar-refractivity contribution in [1.82, 2.24) is 9.71 Å². The number of methoxy groups -OCH3 is 1. The molecule has 0 saturated carbocycles. The van der Waals surface area contributed by atoms with Crippen LogP contribution in [0.15, 0.2) is 24.5 Å². The van der Waals surface area contributed by atoms with E-state index in [9.17, 15) is 8.42 Å². The number of aliphatic hydroxyl groups is 1. The van der Waals surface area contributed by atoms with Crippen molar-refractivity contribution in [3.63, 3.8) is 0 Å². The van der Waals surface area contributed by atoms with Crippen LogP contribution in [-0.4, -0.2) is 50.6 Å². The number of rotatable bonds is 9. The second-order valence-corrected chi connectivity index (χ2v) is 6.08. The predicted octanol–water partition coefficient (Wildman–Crippen LogP) is -0.0591. The third-order valence-electron chi connectivity index (χ3n) is 2.60. The van der Waals surface area contributed by atoms with Gasteiger partial charge in [0.15, 0.2) is 0 Å². The predicted molar refractivity (Wildman–Crippen MR) is 72.2 cm³/mol. The highest BCUT2D eigenvalue weighted by molar-refractivity contribution is 7.89. The van der Waals surface area contributed by atoms with E-state index >= 15 is 0 Å². The zero-order valence-corrected chi connectivity index (χ0v) is 11.8. The van der Waals surface area contributed by atoms with E-state index in [1.54, 1.807) is 24.5 Å². The molecule has 108 valence electrons. The van der Waals surface area contributed by atoms with Crippen molar-refractivity contribution in [3.05, 3.63) is 30.1 Å². The molecule has 0 amide bonds. The fourth-order valence-electron chi connectivity index (χ4n) is 1.65. The van der Waals surface area contributed by atoms with Gasteiger partial charge in [0.1, 0.15) is 0 Å². The highest BCUT2D eigenvalue weighted by Gasteiger charge is 2.17. The maximum Gasteiger partial charge on any atom is 0.212 e. The Morgan fingerprint density at radius 1 is 1.42 bits per heavy atom. The minimum atomic E-state index is -3.38. The lowest BCUT2D eigenvalue weighted by Crippen LogP contribution is -2.40. The number of hydrogen-bond donors (Lipinski definition) is 2. The summed E-state index contributed by atoms with van der Waals surface area (Å²) in [5, 5.41) is 8.87. The number of sulfonamides is 1. The van der Waals surface area contributed by atoms with Crippen LogP contribution in [0.4, 0.5) is 0 Å². The van der Waals surface area contributed by atoms with Gasteiger partial charge in [0, 0.05) is 32.2 Å². The first-order chi connectivity index (χ1) is 9.07. The van der Waals surface area contributed by atoms with Crippen LogP contribution >= 0.6 is 0 Å². The van der Waals surface area contributed by atoms with Crippen LogP contribution in [0, 0.1) is 0 Å². The number of hydrogen-bond acceptors (Lipinski definition) is 5. The van der Waals surface area contributed by atoms with Crippen LogP contribution in [0.25, 0.3) is 0 Å². The third-order valence-corrected chi connectivity index (χ3v) is 4.03. The normalized spacial score (nSPS) is 13.4. The molecule has 0 fully saturated rings. The van der Waals surface area contributed by atoms with E-state index < -0.39 is 16.1 Å². The summed E-state index contributed by atoms with van der Waals surface area (Å²) in [5.41, 5.74) is 0.922. The van der Waals surface area contributed by atoms with Gasteiger partial charge in [-0.1, -0.05) is 0 Å². The van der Waals surface area contributed by atoms with Crippen molar-refractivity contribution < 1.29 is 18.3 Å². The van der Waals surface area contributed by atoms with Gasteiger partial charge in [-0.25, -0.2) is 13.1 Å². The number of pyridine rings is 1. The first-order valence-corrected chi connectivity index (χ1v) is 7.71. The van der Waals surface area contributed by atoms with Crippen molar-refractivity contribution in [2.75, 3.05) is 26.1 Å². The van der Waals surface area contributed by atoms with E-state index in [4.69, 9.17) is 9.84 Å². The Kier molecular flexibility index (Phi) is 6.93. The van der Waals surface area contributed by atoms with Crippen molar-refractivity contribution in [3.8, 4) is 0 Å². The molecule has 1 aromatic rings. The van der Waals surface area contributed by atoms with E-state index in [0.717, 1.165) is 5.56 Å². The van der Waals surface area contributed by atoms with Crippen molar-refractivity contribution in [1.29, 1.82) is 0 Å². The maximum absolute atomic E-state index is 11.9. The molecule has 0 bridgehead atoms. The van der Waals surface area contributed by atoms with Gasteiger partial charge in [-0.3, -0.25) is 4.98 Å². The van der Waals surface area contributed by atoms with Crippen LogP contribution < -0.4 is 4.72 Å². The molecule has 0 aliphatic carbocycles. The zero-order chi connectivity index (χ0) is 14.1. The standard InChI is InChI=1S/C12H20N2O4S/c1-18-10-12(4-8-15)14-19(16,17)9-5-11-2-6-13-7-3-11/h2-3,6-7,12,14-15H,4-5,8-10H2,1H3. The van der Waals surface area contributed by atoms with Gasteiger partial charge in [0.2, 0.25) is 10.0 Å². The van der Waals surface area contributed by atoms with E-state index in [1.165, 1.54) is 7.11 Å². The zero-order valence-electron chi connectivity index (χ0n) is 10.9. The molecule has 0 aliphatic heterocycles. The Hall–Kier alpha value is -1.02. The SMILES string of the molecule is COCC(CCO)NS(=O)(=O)CCc1ccncc1. The minimum absolute atomic E-state index is 0.00264. The molecule has 1 atom stereocenters. The molecule has 0 spiro atoms. The molecular weight excluding hydrogens is 268 g/mol. The Morgan fingerprint density at radius 3 is 2.68 bits per heavy atom. The van der Waals surface area contributed by atoms with E-state index in [0.29, 0.717) is 12.8 Å². The molecule has 1 aromatic heterocycles. The number of nitrogens with one attached hydrogen (secondary N) is 1. The van der Waals surface area contributed by atoms with E-state index in [2.05, 4.69) is 9.71 Å². The van der Waals surface area contributed by atoms with Gasteiger partial charge < -0.3 is 9.84 Å². The Labute approximate surface area is 113 Å². The summed E-state index contributed by atoms with van der Waals surface area (Å²) in [7, 11) is -1.89. The Balaban J connectivity index is 2.50. The molecule has 1 heterocycles. The highest BCUT2D eigenvalue weighted by atomic mass is 32.2. The molecule has 0 aromatic carbocycles. The van der Waals surface area contributed by atoms with Crippen LogP contribution in [0.5, 0.6) is 0 Å². The fraction of sp³-hybridized carbons (Fsp3) is 0.583. The molecule has 1 rings (SSSR count). The summed E-state index contributed by atoms with van der Waals surface area (Å²) in [5.74, 6) is 0.00264. The summed E-state index contributed by atoms with van der Waals surface area (Å²) in [6.07, 6.45) is 4.03. The van der Waals surface area contributed by atoms with Crippen LogP contribution in [0.1, 0.15) is 12.0 Å². The minimum Gasteiger partial charge on any atom is -0.396 e. The molecule has 19 heavy (non-hydrogen) atoms. The molecular formula is C12H20N2O4S. The van der Waals surface area contributed by atoms with Gasteiger partial charge in [0.25, 0.3) is 0 Å². The Bertz CT molecular complexity index is 444. The molecule has 0 radical (unpaired) electrons. The van der Waals surface area contributed by atoms with Crippen LogP contribution in [0.3, 0.4) is 0 Å². The topological polar surface area (TPSA) is 88.5 Å². The average molecular weight is 288 g/mol. The van der Waals surface area contributed by atoms with Gasteiger partial charge in [-0.05, 0) is 30.5 Å². The summed E-state index contributed by atoms with van der Waals surface area (Å²) in [6, 6.07) is 3.18. The number of aromatic nitrogens is 1. The lowest BCUT2D eigenvalue weighted by atomic mass is 10.2. The fourth-order valence-corrected chi connectivity index (χ4v) is 2.96.